The number of carbonyl (C=O) groups is 1. The minimum absolute atomic E-state index is 0.194. The van der Waals surface area contributed by atoms with E-state index in [9.17, 15) is 4.79 Å². The van der Waals surface area contributed by atoms with Crippen molar-refractivity contribution in [2.75, 3.05) is 6.54 Å². The number of esters is 1. The molecule has 3 aromatic carbocycles. The Morgan fingerprint density at radius 1 is 0.946 bits per heavy atom. The molecule has 9 heteroatoms. The number of alkyl halides is 1. The van der Waals surface area contributed by atoms with Gasteiger partial charge in [-0.25, -0.2) is 0 Å². The molecule has 0 saturated carbocycles. The average Bonchev–Trinajstić information content (AvgIpc) is 3.27. The predicted molar refractivity (Wildman–Crippen MR) is 148 cm³/mol. The van der Waals surface area contributed by atoms with Crippen LogP contribution < -0.4 is 0 Å². The summed E-state index contributed by atoms with van der Waals surface area (Å²) >= 11 is 25.6. The molecule has 0 saturated heterocycles. The van der Waals surface area contributed by atoms with Crippen molar-refractivity contribution in [3.8, 4) is 0 Å². The van der Waals surface area contributed by atoms with E-state index in [1.54, 1.807) is 29.2 Å². The lowest BCUT2D eigenvalue weighted by molar-refractivity contribution is -0.170. The fourth-order valence-corrected chi connectivity index (χ4v) is 4.98. The Bertz CT molecular complexity index is 1220. The maximum atomic E-state index is 12.0. The summed E-state index contributed by atoms with van der Waals surface area (Å²) in [5, 5.41) is 1.64. The minimum Gasteiger partial charge on any atom is -0.423 e. The van der Waals surface area contributed by atoms with Crippen molar-refractivity contribution in [1.82, 2.24) is 9.80 Å². The highest BCUT2D eigenvalue weighted by molar-refractivity contribution is 6.35. The number of hydrogen-bond donors (Lipinski definition) is 0. The van der Waals surface area contributed by atoms with Crippen LogP contribution in [0.15, 0.2) is 85.2 Å². The van der Waals surface area contributed by atoms with E-state index in [2.05, 4.69) is 12.1 Å². The lowest BCUT2D eigenvalue weighted by atomic mass is 10.1. The van der Waals surface area contributed by atoms with Gasteiger partial charge in [0, 0.05) is 40.9 Å². The molecule has 4 rings (SSSR count). The standard InChI is InChI=1S/C28H26Cl4N2O3/c1-19(35)37-28-33(14-13-20-5-3-2-4-6-20)15-16-34(28)27(32)26(21-7-10-23(29)11-8-21)36-18-22-9-12-24(30)17-25(22)31/h2-12,15-17,26-28H,13-14,18H2,1H3. The Morgan fingerprint density at radius 3 is 2.32 bits per heavy atom. The van der Waals surface area contributed by atoms with Gasteiger partial charge >= 0.3 is 5.97 Å². The number of nitrogens with zero attached hydrogens (tertiary/aromatic N) is 2. The first kappa shape index (κ1) is 27.6. The Kier molecular flexibility index (Phi) is 9.63. The van der Waals surface area contributed by atoms with E-state index in [-0.39, 0.29) is 6.61 Å². The van der Waals surface area contributed by atoms with Crippen LogP contribution in [0.5, 0.6) is 0 Å². The van der Waals surface area contributed by atoms with E-state index >= 15 is 0 Å². The third kappa shape index (κ3) is 7.34. The third-order valence-electron chi connectivity index (χ3n) is 5.91. The molecule has 3 atom stereocenters. The van der Waals surface area contributed by atoms with Crippen LogP contribution >= 0.6 is 46.4 Å². The van der Waals surface area contributed by atoms with Crippen LogP contribution in [0.4, 0.5) is 0 Å². The summed E-state index contributed by atoms with van der Waals surface area (Å²) in [7, 11) is 0. The summed E-state index contributed by atoms with van der Waals surface area (Å²) in [4.78, 5) is 15.7. The zero-order valence-corrected chi connectivity index (χ0v) is 23.1. The fourth-order valence-electron chi connectivity index (χ4n) is 4.01. The SMILES string of the molecule is CC(=O)OC1N(CCc2ccccc2)C=CN1C(Cl)C(OCc1ccc(Cl)cc1Cl)c1ccc(Cl)cc1. The third-order valence-corrected chi connectivity index (χ3v) is 7.20. The topological polar surface area (TPSA) is 42.0 Å². The lowest BCUT2D eigenvalue weighted by Gasteiger charge is -2.37. The van der Waals surface area contributed by atoms with Crippen LogP contribution in [-0.2, 0) is 27.3 Å². The van der Waals surface area contributed by atoms with Gasteiger partial charge in [0.15, 0.2) is 0 Å². The van der Waals surface area contributed by atoms with Crippen molar-refractivity contribution in [2.24, 2.45) is 0 Å². The highest BCUT2D eigenvalue weighted by Crippen LogP contribution is 2.35. The Labute approximate surface area is 237 Å². The molecular weight excluding hydrogens is 554 g/mol. The first-order chi connectivity index (χ1) is 17.8. The maximum Gasteiger partial charge on any atom is 0.305 e. The molecule has 0 aromatic heterocycles. The number of ether oxygens (including phenoxy) is 2. The molecule has 3 unspecified atom stereocenters. The average molecular weight is 580 g/mol. The van der Waals surface area contributed by atoms with Crippen LogP contribution in [0.3, 0.4) is 0 Å². The molecule has 3 aromatic rings. The first-order valence-corrected chi connectivity index (χ1v) is 13.3. The van der Waals surface area contributed by atoms with Gasteiger partial charge in [0.25, 0.3) is 6.35 Å². The van der Waals surface area contributed by atoms with E-state index in [0.29, 0.717) is 21.6 Å². The summed E-state index contributed by atoms with van der Waals surface area (Å²) in [5.74, 6) is -0.413. The molecule has 0 amide bonds. The van der Waals surface area contributed by atoms with Crippen molar-refractivity contribution < 1.29 is 14.3 Å². The normalized spacial score (nSPS) is 16.6. The van der Waals surface area contributed by atoms with Crippen molar-refractivity contribution in [2.45, 2.75) is 37.9 Å². The van der Waals surface area contributed by atoms with Crippen molar-refractivity contribution in [3.05, 3.63) is 117 Å². The van der Waals surface area contributed by atoms with Crippen LogP contribution in [0.1, 0.15) is 29.7 Å². The Morgan fingerprint density at radius 2 is 1.65 bits per heavy atom. The summed E-state index contributed by atoms with van der Waals surface area (Å²) < 4.78 is 12.0. The summed E-state index contributed by atoms with van der Waals surface area (Å²) in [6, 6.07) is 22.6. The van der Waals surface area contributed by atoms with E-state index in [1.165, 1.54) is 12.5 Å². The van der Waals surface area contributed by atoms with Crippen molar-refractivity contribution >= 4 is 52.4 Å². The predicted octanol–water partition coefficient (Wildman–Crippen LogP) is 7.65. The smallest absolute Gasteiger partial charge is 0.305 e. The molecule has 5 nitrogen and oxygen atoms in total. The second-order valence-electron chi connectivity index (χ2n) is 8.55. The number of rotatable bonds is 10. The fraction of sp³-hybridized carbons (Fsp3) is 0.250. The van der Waals surface area contributed by atoms with Gasteiger partial charge in [0.05, 0.1) is 6.61 Å². The molecule has 0 N–H and O–H groups in total. The van der Waals surface area contributed by atoms with Gasteiger partial charge in [-0.15, -0.1) is 0 Å². The molecule has 0 bridgehead atoms. The van der Waals surface area contributed by atoms with Crippen LogP contribution in [0, 0.1) is 0 Å². The zero-order chi connectivity index (χ0) is 26.4. The number of carbonyl (C=O) groups excluding carboxylic acids is 1. The quantitative estimate of drug-likeness (QED) is 0.140. The lowest BCUT2D eigenvalue weighted by Crippen LogP contribution is -2.47. The minimum atomic E-state index is -0.727. The maximum absolute atomic E-state index is 12.0. The van der Waals surface area contributed by atoms with Gasteiger partial charge < -0.3 is 19.3 Å². The van der Waals surface area contributed by atoms with Crippen LogP contribution in [0.25, 0.3) is 0 Å². The van der Waals surface area contributed by atoms with Crippen molar-refractivity contribution in [3.63, 3.8) is 0 Å². The molecule has 1 aliphatic rings. The van der Waals surface area contributed by atoms with Gasteiger partial charge in [-0.1, -0.05) is 94.9 Å². The Balaban J connectivity index is 1.55. The zero-order valence-electron chi connectivity index (χ0n) is 20.1. The van der Waals surface area contributed by atoms with Gasteiger partial charge in [-0.05, 0) is 47.4 Å². The second-order valence-corrected chi connectivity index (χ2v) is 10.3. The van der Waals surface area contributed by atoms with Gasteiger partial charge in [-0.3, -0.25) is 4.79 Å². The summed E-state index contributed by atoms with van der Waals surface area (Å²) in [5.41, 5.74) is 2.04. The second kappa shape index (κ2) is 12.9. The Hall–Kier alpha value is -2.41. The van der Waals surface area contributed by atoms with Gasteiger partial charge in [-0.2, -0.15) is 0 Å². The first-order valence-electron chi connectivity index (χ1n) is 11.7. The van der Waals surface area contributed by atoms with E-state index < -0.39 is 23.9 Å². The summed E-state index contributed by atoms with van der Waals surface area (Å²) in [6.07, 6.45) is 3.14. The monoisotopic (exact) mass is 578 g/mol. The molecule has 194 valence electrons. The van der Waals surface area contributed by atoms with Crippen LogP contribution in [-0.4, -0.2) is 34.2 Å². The molecule has 0 spiro atoms. The molecule has 1 aliphatic heterocycles. The van der Waals surface area contributed by atoms with Gasteiger partial charge in [0.2, 0.25) is 0 Å². The van der Waals surface area contributed by atoms with Gasteiger partial charge in [0.1, 0.15) is 11.6 Å². The van der Waals surface area contributed by atoms with E-state index in [1.807, 2.05) is 53.7 Å². The molecular formula is C28H26Cl4N2O3. The van der Waals surface area contributed by atoms with Crippen molar-refractivity contribution in [1.29, 1.82) is 0 Å². The molecule has 0 fully saturated rings. The van der Waals surface area contributed by atoms with Crippen LogP contribution in [0.2, 0.25) is 15.1 Å². The highest BCUT2D eigenvalue weighted by atomic mass is 35.5. The van der Waals surface area contributed by atoms with E-state index in [4.69, 9.17) is 55.9 Å². The van der Waals surface area contributed by atoms with E-state index in [0.717, 1.165) is 17.5 Å². The number of halogens is 4. The molecule has 37 heavy (non-hydrogen) atoms. The highest BCUT2D eigenvalue weighted by Gasteiger charge is 2.38. The summed E-state index contributed by atoms with van der Waals surface area (Å²) in [6.45, 7) is 2.20. The largest absolute Gasteiger partial charge is 0.423 e. The molecule has 0 aliphatic carbocycles. The number of benzene rings is 3. The molecule has 0 radical (unpaired) electrons. The number of hydrogen-bond acceptors (Lipinski definition) is 5. The molecule has 1 heterocycles.